The van der Waals surface area contributed by atoms with Crippen LogP contribution in [0.2, 0.25) is 0 Å². The van der Waals surface area contributed by atoms with Gasteiger partial charge in [-0.3, -0.25) is 0 Å². The number of nitrogens with zero attached hydrogens (tertiary/aromatic N) is 1. The second-order valence-corrected chi connectivity index (χ2v) is 7.13. The lowest BCUT2D eigenvalue weighted by Crippen LogP contribution is -2.03. The molecule has 0 unspecified atom stereocenters. The van der Waals surface area contributed by atoms with Gasteiger partial charge in [0.1, 0.15) is 6.61 Å². The van der Waals surface area contributed by atoms with Gasteiger partial charge in [-0.25, -0.2) is 4.99 Å². The Kier molecular flexibility index (Phi) is 3.46. The second kappa shape index (κ2) is 5.94. The molecule has 0 saturated heterocycles. The van der Waals surface area contributed by atoms with Crippen molar-refractivity contribution in [3.8, 4) is 11.1 Å². The third kappa shape index (κ3) is 2.39. The average Bonchev–Trinajstić information content (AvgIpc) is 3.21. The number of aliphatic imine (C=N–C) groups is 1. The van der Waals surface area contributed by atoms with Crippen LogP contribution in [0.5, 0.6) is 0 Å². The highest BCUT2D eigenvalue weighted by atomic mass is 32.1. The highest BCUT2D eigenvalue weighted by molar-refractivity contribution is 7.24. The van der Waals surface area contributed by atoms with E-state index in [2.05, 4.69) is 77.8 Å². The van der Waals surface area contributed by atoms with Crippen molar-refractivity contribution in [2.45, 2.75) is 0 Å². The summed E-state index contributed by atoms with van der Waals surface area (Å²) < 4.78 is 8.36. The van der Waals surface area contributed by atoms with Crippen molar-refractivity contribution in [3.63, 3.8) is 0 Å². The SMILES string of the molecule is c1ccc(-c2c3ccccc3[s+]c3ccccc23)c(C2=NCCO2)c1. The molecule has 0 N–H and O–H groups in total. The monoisotopic (exact) mass is 342 g/mol. The molecule has 1 aliphatic heterocycles. The molecule has 0 spiro atoms. The van der Waals surface area contributed by atoms with Gasteiger partial charge in [-0.1, -0.05) is 42.5 Å². The summed E-state index contributed by atoms with van der Waals surface area (Å²) in [5, 5.41) is 2.55. The van der Waals surface area contributed by atoms with Crippen LogP contribution in [0.3, 0.4) is 0 Å². The van der Waals surface area contributed by atoms with E-state index in [1.807, 2.05) is 11.3 Å². The Morgan fingerprint density at radius 3 is 1.96 bits per heavy atom. The maximum absolute atomic E-state index is 5.78. The molecule has 0 saturated carbocycles. The Hall–Kier alpha value is -2.78. The van der Waals surface area contributed by atoms with Gasteiger partial charge in [-0.15, -0.1) is 0 Å². The molecule has 2 heterocycles. The van der Waals surface area contributed by atoms with Crippen LogP contribution >= 0.6 is 11.3 Å². The maximum Gasteiger partial charge on any atom is 0.239 e. The zero-order valence-electron chi connectivity index (χ0n) is 13.6. The summed E-state index contributed by atoms with van der Waals surface area (Å²) in [7, 11) is 0. The van der Waals surface area contributed by atoms with E-state index in [4.69, 9.17) is 4.74 Å². The molecule has 25 heavy (non-hydrogen) atoms. The summed E-state index contributed by atoms with van der Waals surface area (Å²) in [6.07, 6.45) is 0. The van der Waals surface area contributed by atoms with Gasteiger partial charge in [0.05, 0.1) is 6.54 Å². The Morgan fingerprint density at radius 1 is 0.720 bits per heavy atom. The normalized spacial score (nSPS) is 13.8. The topological polar surface area (TPSA) is 21.6 Å². The number of benzene rings is 3. The average molecular weight is 342 g/mol. The first kappa shape index (κ1) is 14.6. The van der Waals surface area contributed by atoms with Crippen molar-refractivity contribution < 1.29 is 4.74 Å². The van der Waals surface area contributed by atoms with Gasteiger partial charge in [-0.05, 0) is 23.8 Å². The molecule has 1 aliphatic rings. The van der Waals surface area contributed by atoms with Gasteiger partial charge in [0.2, 0.25) is 26.6 Å². The Morgan fingerprint density at radius 2 is 1.32 bits per heavy atom. The van der Waals surface area contributed by atoms with Crippen LogP contribution in [0.25, 0.3) is 31.3 Å². The fourth-order valence-corrected chi connectivity index (χ4v) is 4.55. The Bertz CT molecular complexity index is 1080. The molecule has 120 valence electrons. The fourth-order valence-electron chi connectivity index (χ4n) is 3.46. The van der Waals surface area contributed by atoms with Gasteiger partial charge < -0.3 is 4.74 Å². The molecule has 2 nitrogen and oxygen atoms in total. The summed E-state index contributed by atoms with van der Waals surface area (Å²) in [5.74, 6) is 0.760. The lowest BCUT2D eigenvalue weighted by atomic mass is 9.94. The first-order valence-electron chi connectivity index (χ1n) is 8.42. The van der Waals surface area contributed by atoms with Gasteiger partial charge in [0, 0.05) is 34.0 Å². The van der Waals surface area contributed by atoms with E-state index in [0.29, 0.717) is 6.61 Å². The van der Waals surface area contributed by atoms with Gasteiger partial charge >= 0.3 is 0 Å². The number of hydrogen-bond acceptors (Lipinski definition) is 2. The zero-order valence-corrected chi connectivity index (χ0v) is 14.4. The molecular weight excluding hydrogens is 326 g/mol. The van der Waals surface area contributed by atoms with Crippen LogP contribution in [0, 0.1) is 0 Å². The zero-order chi connectivity index (χ0) is 16.6. The third-order valence-corrected chi connectivity index (χ3v) is 5.70. The van der Waals surface area contributed by atoms with E-state index in [1.54, 1.807) is 0 Å². The molecular formula is C22H16NOS+. The largest absolute Gasteiger partial charge is 0.475 e. The molecule has 0 aliphatic carbocycles. The highest BCUT2D eigenvalue weighted by Gasteiger charge is 2.22. The van der Waals surface area contributed by atoms with Crippen LogP contribution in [-0.4, -0.2) is 19.0 Å². The van der Waals surface area contributed by atoms with Crippen molar-refractivity contribution in [3.05, 3.63) is 78.4 Å². The van der Waals surface area contributed by atoms with Gasteiger partial charge in [-0.2, -0.15) is 0 Å². The van der Waals surface area contributed by atoms with Crippen molar-refractivity contribution in [2.75, 3.05) is 13.2 Å². The maximum atomic E-state index is 5.78. The van der Waals surface area contributed by atoms with E-state index in [-0.39, 0.29) is 0 Å². The van der Waals surface area contributed by atoms with Gasteiger partial charge in [0.15, 0.2) is 0 Å². The summed E-state index contributed by atoms with van der Waals surface area (Å²) in [5.41, 5.74) is 3.52. The molecule has 5 rings (SSSR count). The molecule has 3 heteroatoms. The van der Waals surface area contributed by atoms with Crippen molar-refractivity contribution in [1.29, 1.82) is 0 Å². The van der Waals surface area contributed by atoms with Crippen molar-refractivity contribution in [1.82, 2.24) is 0 Å². The van der Waals surface area contributed by atoms with Crippen molar-refractivity contribution >= 4 is 37.4 Å². The van der Waals surface area contributed by atoms with E-state index in [1.165, 1.54) is 31.3 Å². The third-order valence-electron chi connectivity index (χ3n) is 4.54. The molecule has 0 fully saturated rings. The molecule has 0 bridgehead atoms. The minimum absolute atomic E-state index is 0.669. The Balaban J connectivity index is 1.92. The predicted molar refractivity (Wildman–Crippen MR) is 107 cm³/mol. The summed E-state index contributed by atoms with van der Waals surface area (Å²) in [6.45, 7) is 1.41. The lowest BCUT2D eigenvalue weighted by Gasteiger charge is -2.12. The van der Waals surface area contributed by atoms with E-state index in [0.717, 1.165) is 18.0 Å². The fraction of sp³-hybridized carbons (Fsp3) is 0.0909. The standard InChI is InChI=1S/C22H16NOS/c1-2-8-16(22-23-13-14-24-22)15(7-1)21-17-9-3-5-11-19(17)25-20-12-6-4-10-18(20)21/h1-12H,13-14H2/q+1. The first-order chi connectivity index (χ1) is 12.4. The van der Waals surface area contributed by atoms with E-state index in [9.17, 15) is 0 Å². The summed E-state index contributed by atoms with van der Waals surface area (Å²) in [6, 6.07) is 25.7. The van der Waals surface area contributed by atoms with Crippen LogP contribution in [0.15, 0.2) is 77.8 Å². The smallest absolute Gasteiger partial charge is 0.239 e. The summed E-state index contributed by atoms with van der Waals surface area (Å²) in [4.78, 5) is 4.55. The molecule has 0 atom stereocenters. The summed E-state index contributed by atoms with van der Waals surface area (Å²) >= 11 is 1.84. The van der Waals surface area contributed by atoms with Crippen molar-refractivity contribution in [2.24, 2.45) is 4.99 Å². The predicted octanol–water partition coefficient (Wildman–Crippen LogP) is 5.78. The molecule has 0 amide bonds. The first-order valence-corrected chi connectivity index (χ1v) is 9.24. The van der Waals surface area contributed by atoms with Crippen LogP contribution in [-0.2, 0) is 4.74 Å². The number of fused-ring (bicyclic) bond motifs is 2. The van der Waals surface area contributed by atoms with E-state index < -0.39 is 0 Å². The number of rotatable bonds is 2. The second-order valence-electron chi connectivity index (χ2n) is 6.05. The minimum Gasteiger partial charge on any atom is -0.475 e. The van der Waals surface area contributed by atoms with Crippen LogP contribution in [0.1, 0.15) is 5.56 Å². The number of ether oxygens (including phenoxy) is 1. The van der Waals surface area contributed by atoms with Crippen LogP contribution < -0.4 is 0 Å². The lowest BCUT2D eigenvalue weighted by molar-refractivity contribution is 0.348. The molecule has 4 aromatic rings. The molecule has 0 radical (unpaired) electrons. The minimum atomic E-state index is 0.669. The van der Waals surface area contributed by atoms with Crippen LogP contribution in [0.4, 0.5) is 0 Å². The van der Waals surface area contributed by atoms with Gasteiger partial charge in [0.25, 0.3) is 0 Å². The Labute approximate surface area is 150 Å². The molecule has 3 aromatic carbocycles. The van der Waals surface area contributed by atoms with E-state index >= 15 is 0 Å². The highest BCUT2D eigenvalue weighted by Crippen LogP contribution is 2.40. The quantitative estimate of drug-likeness (QED) is 0.334. The number of hydrogen-bond donors (Lipinski definition) is 0. The molecule has 1 aromatic heterocycles.